The van der Waals surface area contributed by atoms with E-state index in [0.717, 1.165) is 26.4 Å². The minimum Gasteiger partial charge on any atom is -0.496 e. The fraction of sp³-hybridized carbons (Fsp3) is 0.238. The van der Waals surface area contributed by atoms with Crippen LogP contribution in [0.2, 0.25) is 0 Å². The molecule has 1 aromatic heterocycles. The lowest BCUT2D eigenvalue weighted by Crippen LogP contribution is -2.42. The molecule has 5 nitrogen and oxygen atoms in total. The summed E-state index contributed by atoms with van der Waals surface area (Å²) in [5.41, 5.74) is 2.42. The fourth-order valence-corrected chi connectivity index (χ4v) is 4.28. The molecule has 1 aliphatic heterocycles. The molecular formula is C21H19BrN2O3S. The SMILES string of the molecule is COc1ccccc1-c1nc(C(=O)N2CCOC(c3ccc(Br)cc3)C2)cs1. The zero-order valence-electron chi connectivity index (χ0n) is 15.3. The van der Waals surface area contributed by atoms with Crippen LogP contribution in [0.4, 0.5) is 0 Å². The first-order chi connectivity index (χ1) is 13.7. The lowest BCUT2D eigenvalue weighted by atomic mass is 10.1. The number of hydrogen-bond acceptors (Lipinski definition) is 5. The summed E-state index contributed by atoms with van der Waals surface area (Å²) in [6.45, 7) is 1.59. The maximum Gasteiger partial charge on any atom is 0.273 e. The molecule has 3 aromatic rings. The Morgan fingerprint density at radius 1 is 1.25 bits per heavy atom. The zero-order chi connectivity index (χ0) is 19.5. The van der Waals surface area contributed by atoms with Gasteiger partial charge >= 0.3 is 0 Å². The van der Waals surface area contributed by atoms with Gasteiger partial charge in [0.1, 0.15) is 22.6 Å². The Morgan fingerprint density at radius 2 is 2.04 bits per heavy atom. The molecule has 1 unspecified atom stereocenters. The molecule has 0 spiro atoms. The largest absolute Gasteiger partial charge is 0.496 e. The quantitative estimate of drug-likeness (QED) is 0.563. The van der Waals surface area contributed by atoms with Gasteiger partial charge in [-0.3, -0.25) is 4.79 Å². The minimum atomic E-state index is -0.127. The third-order valence-electron chi connectivity index (χ3n) is 4.66. The van der Waals surface area contributed by atoms with E-state index in [9.17, 15) is 4.79 Å². The molecule has 1 saturated heterocycles. The number of aromatic nitrogens is 1. The van der Waals surface area contributed by atoms with Crippen molar-refractivity contribution in [2.75, 3.05) is 26.8 Å². The van der Waals surface area contributed by atoms with Gasteiger partial charge in [-0.25, -0.2) is 4.98 Å². The predicted molar refractivity (Wildman–Crippen MR) is 113 cm³/mol. The molecule has 2 heterocycles. The van der Waals surface area contributed by atoms with Crippen molar-refractivity contribution in [2.45, 2.75) is 6.10 Å². The van der Waals surface area contributed by atoms with Gasteiger partial charge in [-0.1, -0.05) is 40.2 Å². The summed E-state index contributed by atoms with van der Waals surface area (Å²) in [6, 6.07) is 15.7. The lowest BCUT2D eigenvalue weighted by molar-refractivity contribution is -0.0229. The number of halogens is 1. The Bertz CT molecular complexity index is 974. The van der Waals surface area contributed by atoms with Crippen molar-refractivity contribution in [3.8, 4) is 16.3 Å². The van der Waals surface area contributed by atoms with Crippen LogP contribution in [-0.2, 0) is 4.74 Å². The maximum absolute atomic E-state index is 13.0. The third-order valence-corrected chi connectivity index (χ3v) is 6.06. The van der Waals surface area contributed by atoms with Crippen LogP contribution >= 0.6 is 27.3 Å². The molecule has 0 radical (unpaired) electrons. The zero-order valence-corrected chi connectivity index (χ0v) is 17.7. The predicted octanol–water partition coefficient (Wildman–Crippen LogP) is 4.79. The van der Waals surface area contributed by atoms with Gasteiger partial charge in [0.05, 0.1) is 25.8 Å². The number of rotatable bonds is 4. The van der Waals surface area contributed by atoms with Crippen molar-refractivity contribution in [1.29, 1.82) is 0 Å². The van der Waals surface area contributed by atoms with Crippen LogP contribution in [0.25, 0.3) is 10.6 Å². The van der Waals surface area contributed by atoms with Crippen LogP contribution in [0.5, 0.6) is 5.75 Å². The van der Waals surface area contributed by atoms with Gasteiger partial charge in [-0.2, -0.15) is 0 Å². The number of nitrogens with zero attached hydrogens (tertiary/aromatic N) is 2. The van der Waals surface area contributed by atoms with Crippen molar-refractivity contribution >= 4 is 33.2 Å². The summed E-state index contributed by atoms with van der Waals surface area (Å²) < 4.78 is 12.3. The fourth-order valence-electron chi connectivity index (χ4n) is 3.19. The molecule has 4 rings (SSSR count). The van der Waals surface area contributed by atoms with E-state index in [1.165, 1.54) is 11.3 Å². The molecule has 1 atom stereocenters. The van der Waals surface area contributed by atoms with Crippen molar-refractivity contribution in [3.63, 3.8) is 0 Å². The Kier molecular flexibility index (Phi) is 5.75. The van der Waals surface area contributed by atoms with Gasteiger partial charge in [0.2, 0.25) is 0 Å². The van der Waals surface area contributed by atoms with E-state index < -0.39 is 0 Å². The average molecular weight is 459 g/mol. The van der Waals surface area contributed by atoms with Gasteiger partial charge in [0.25, 0.3) is 5.91 Å². The number of hydrogen-bond donors (Lipinski definition) is 0. The summed E-state index contributed by atoms with van der Waals surface area (Å²) in [5.74, 6) is 0.681. The first-order valence-electron chi connectivity index (χ1n) is 8.91. The molecule has 0 aliphatic carbocycles. The van der Waals surface area contributed by atoms with Gasteiger partial charge in [0, 0.05) is 16.4 Å². The molecule has 1 aliphatic rings. The van der Waals surface area contributed by atoms with E-state index in [0.29, 0.717) is 25.4 Å². The minimum absolute atomic E-state index is 0.0668. The Morgan fingerprint density at radius 3 is 2.82 bits per heavy atom. The summed E-state index contributed by atoms with van der Waals surface area (Å²) in [6.07, 6.45) is -0.127. The molecule has 0 saturated carbocycles. The van der Waals surface area contributed by atoms with Crippen LogP contribution in [0, 0.1) is 0 Å². The molecule has 0 N–H and O–H groups in total. The number of carbonyl (C=O) groups is 1. The Balaban J connectivity index is 1.51. The Hall–Kier alpha value is -2.22. The molecule has 0 bridgehead atoms. The number of ether oxygens (including phenoxy) is 2. The molecule has 1 amide bonds. The highest BCUT2D eigenvalue weighted by Crippen LogP contribution is 2.32. The van der Waals surface area contributed by atoms with E-state index in [4.69, 9.17) is 9.47 Å². The average Bonchev–Trinajstić information content (AvgIpc) is 3.24. The van der Waals surface area contributed by atoms with E-state index in [1.54, 1.807) is 7.11 Å². The molecule has 2 aromatic carbocycles. The van der Waals surface area contributed by atoms with Crippen molar-refractivity contribution < 1.29 is 14.3 Å². The number of carbonyl (C=O) groups excluding carboxylic acids is 1. The number of morpholine rings is 1. The van der Waals surface area contributed by atoms with Crippen LogP contribution in [0.15, 0.2) is 58.4 Å². The molecule has 7 heteroatoms. The summed E-state index contributed by atoms with van der Waals surface area (Å²) in [5, 5.41) is 2.59. The van der Waals surface area contributed by atoms with Crippen molar-refractivity contribution in [2.24, 2.45) is 0 Å². The third kappa shape index (κ3) is 3.97. The highest BCUT2D eigenvalue weighted by atomic mass is 79.9. The molecule has 28 heavy (non-hydrogen) atoms. The van der Waals surface area contributed by atoms with Gasteiger partial charge in [-0.05, 0) is 29.8 Å². The van der Waals surface area contributed by atoms with Crippen LogP contribution < -0.4 is 4.74 Å². The van der Waals surface area contributed by atoms with Gasteiger partial charge in [-0.15, -0.1) is 11.3 Å². The van der Waals surface area contributed by atoms with Gasteiger partial charge in [0.15, 0.2) is 0 Å². The van der Waals surface area contributed by atoms with E-state index in [2.05, 4.69) is 20.9 Å². The van der Waals surface area contributed by atoms with E-state index in [1.807, 2.05) is 58.8 Å². The number of thiazole rings is 1. The smallest absolute Gasteiger partial charge is 0.273 e. The second-order valence-electron chi connectivity index (χ2n) is 6.40. The summed E-state index contributed by atoms with van der Waals surface area (Å²) in [4.78, 5) is 19.4. The van der Waals surface area contributed by atoms with E-state index >= 15 is 0 Å². The number of para-hydroxylation sites is 1. The summed E-state index contributed by atoms with van der Waals surface area (Å²) >= 11 is 4.89. The van der Waals surface area contributed by atoms with Crippen molar-refractivity contribution in [3.05, 3.63) is 69.6 Å². The van der Waals surface area contributed by atoms with E-state index in [-0.39, 0.29) is 12.0 Å². The normalized spacial score (nSPS) is 16.8. The Labute approximate surface area is 176 Å². The molecule has 144 valence electrons. The second-order valence-corrected chi connectivity index (χ2v) is 8.17. The monoisotopic (exact) mass is 458 g/mol. The van der Waals surface area contributed by atoms with Crippen LogP contribution in [0.1, 0.15) is 22.2 Å². The highest BCUT2D eigenvalue weighted by Gasteiger charge is 2.27. The number of methoxy groups -OCH3 is 1. The summed E-state index contributed by atoms with van der Waals surface area (Å²) in [7, 11) is 1.63. The molecule has 1 fully saturated rings. The van der Waals surface area contributed by atoms with Gasteiger partial charge < -0.3 is 14.4 Å². The number of benzene rings is 2. The topological polar surface area (TPSA) is 51.7 Å². The first kappa shape index (κ1) is 19.1. The van der Waals surface area contributed by atoms with Crippen molar-refractivity contribution in [1.82, 2.24) is 9.88 Å². The highest BCUT2D eigenvalue weighted by molar-refractivity contribution is 9.10. The lowest BCUT2D eigenvalue weighted by Gasteiger charge is -2.32. The number of amides is 1. The molecular weight excluding hydrogens is 440 g/mol. The maximum atomic E-state index is 13.0. The van der Waals surface area contributed by atoms with Crippen LogP contribution in [0.3, 0.4) is 0 Å². The second kappa shape index (κ2) is 8.43. The standard InChI is InChI=1S/C21H19BrN2O3S/c1-26-18-5-3-2-4-16(18)20-23-17(13-28-20)21(25)24-10-11-27-19(12-24)14-6-8-15(22)9-7-14/h2-9,13,19H,10-12H2,1H3. The van der Waals surface area contributed by atoms with Crippen LogP contribution in [-0.4, -0.2) is 42.6 Å². The first-order valence-corrected chi connectivity index (χ1v) is 10.6.